The minimum atomic E-state index is -0.290. The van der Waals surface area contributed by atoms with Crippen molar-refractivity contribution in [1.29, 1.82) is 0 Å². The molecule has 5 nitrogen and oxygen atoms in total. The molecular formula is C24H30N2O3. The van der Waals surface area contributed by atoms with Gasteiger partial charge in [0.2, 0.25) is 0 Å². The Morgan fingerprint density at radius 2 is 2.07 bits per heavy atom. The predicted molar refractivity (Wildman–Crippen MR) is 109 cm³/mol. The van der Waals surface area contributed by atoms with Crippen molar-refractivity contribution in [1.82, 2.24) is 10.9 Å². The molecule has 2 saturated carbocycles. The number of furan rings is 1. The van der Waals surface area contributed by atoms with E-state index in [0.717, 1.165) is 42.4 Å². The third-order valence-corrected chi connectivity index (χ3v) is 8.58. The smallest absolute Gasteiger partial charge is 0.346 e. The van der Waals surface area contributed by atoms with E-state index in [1.165, 1.54) is 25.7 Å². The summed E-state index contributed by atoms with van der Waals surface area (Å²) >= 11 is 0. The van der Waals surface area contributed by atoms with Gasteiger partial charge in [0.25, 0.3) is 0 Å². The molecule has 8 atom stereocenters. The number of hydrazine groups is 1. The van der Waals surface area contributed by atoms with Gasteiger partial charge in [0.15, 0.2) is 0 Å². The largest absolute Gasteiger partial charge is 0.469 e. The molecule has 5 aliphatic rings. The normalized spacial score (nSPS) is 42.4. The molecule has 0 radical (unpaired) electrons. The van der Waals surface area contributed by atoms with Gasteiger partial charge >= 0.3 is 5.97 Å². The Bertz CT molecular complexity index is 871. The molecule has 1 saturated heterocycles. The molecule has 8 unspecified atom stereocenters. The maximum Gasteiger partial charge on any atom is 0.346 e. The van der Waals surface area contributed by atoms with Gasteiger partial charge in [-0.15, -0.1) is 0 Å². The second-order valence-electron chi connectivity index (χ2n) is 9.80. The van der Waals surface area contributed by atoms with Crippen LogP contribution in [0, 0.1) is 48.3 Å². The molecular weight excluding hydrogens is 364 g/mol. The average molecular weight is 395 g/mol. The van der Waals surface area contributed by atoms with Gasteiger partial charge in [-0.2, -0.15) is 0 Å². The number of ether oxygens (including phenoxy) is 1. The lowest BCUT2D eigenvalue weighted by Crippen LogP contribution is -2.47. The summed E-state index contributed by atoms with van der Waals surface area (Å²) in [5.41, 5.74) is 7.43. The number of hydrogen-bond acceptors (Lipinski definition) is 5. The van der Waals surface area contributed by atoms with Crippen LogP contribution in [0.3, 0.4) is 0 Å². The second kappa shape index (κ2) is 6.85. The van der Waals surface area contributed by atoms with Crippen LogP contribution < -0.4 is 10.9 Å². The van der Waals surface area contributed by atoms with E-state index >= 15 is 0 Å². The van der Waals surface area contributed by atoms with Crippen LogP contribution in [0.1, 0.15) is 48.2 Å². The number of nitrogens with one attached hydrogen (secondary N) is 2. The Hall–Kier alpha value is -1.85. The summed E-state index contributed by atoms with van der Waals surface area (Å²) in [5.74, 6) is 5.95. The van der Waals surface area contributed by atoms with Crippen LogP contribution in [-0.2, 0) is 4.74 Å². The molecule has 3 fully saturated rings. The summed E-state index contributed by atoms with van der Waals surface area (Å²) in [6.45, 7) is 2.92. The molecule has 0 spiro atoms. The fourth-order valence-electron chi connectivity index (χ4n) is 7.17. The SMILES string of the molecule is Cc1occc1C(=O)OC1=CCC2C1C=CC1C3CC4CNNC4CC3CCC12. The van der Waals surface area contributed by atoms with E-state index < -0.39 is 0 Å². The van der Waals surface area contributed by atoms with Gasteiger partial charge in [0.1, 0.15) is 17.1 Å². The molecule has 1 aromatic rings. The number of esters is 1. The van der Waals surface area contributed by atoms with Gasteiger partial charge in [0, 0.05) is 18.5 Å². The Balaban J connectivity index is 1.19. The maximum atomic E-state index is 12.6. The minimum absolute atomic E-state index is 0.259. The minimum Gasteiger partial charge on any atom is -0.469 e. The molecule has 0 bridgehead atoms. The molecule has 4 aliphatic carbocycles. The Kier molecular flexibility index (Phi) is 4.24. The van der Waals surface area contributed by atoms with Crippen LogP contribution >= 0.6 is 0 Å². The van der Waals surface area contributed by atoms with E-state index in [4.69, 9.17) is 9.15 Å². The van der Waals surface area contributed by atoms with Crippen molar-refractivity contribution < 1.29 is 13.9 Å². The molecule has 2 N–H and O–H groups in total. The average Bonchev–Trinajstić information content (AvgIpc) is 3.45. The van der Waals surface area contributed by atoms with E-state index in [9.17, 15) is 4.79 Å². The number of rotatable bonds is 2. The number of fused-ring (bicyclic) bond motifs is 6. The zero-order valence-corrected chi connectivity index (χ0v) is 17.0. The van der Waals surface area contributed by atoms with Gasteiger partial charge in [-0.1, -0.05) is 12.2 Å². The van der Waals surface area contributed by atoms with Crippen LogP contribution in [0.25, 0.3) is 0 Å². The van der Waals surface area contributed by atoms with Gasteiger partial charge < -0.3 is 9.15 Å². The van der Waals surface area contributed by atoms with Gasteiger partial charge in [-0.3, -0.25) is 10.9 Å². The molecule has 5 heteroatoms. The third-order valence-electron chi connectivity index (χ3n) is 8.58. The topological polar surface area (TPSA) is 63.5 Å². The van der Waals surface area contributed by atoms with Crippen LogP contribution in [0.15, 0.2) is 40.7 Å². The summed E-state index contributed by atoms with van der Waals surface area (Å²) in [6.07, 6.45) is 15.0. The Labute approximate surface area is 171 Å². The molecule has 29 heavy (non-hydrogen) atoms. The highest BCUT2D eigenvalue weighted by Crippen LogP contribution is 2.56. The fourth-order valence-corrected chi connectivity index (χ4v) is 7.17. The van der Waals surface area contributed by atoms with Crippen LogP contribution in [0.2, 0.25) is 0 Å². The molecule has 0 aromatic carbocycles. The lowest BCUT2D eigenvalue weighted by Gasteiger charge is -2.51. The standard InChI is InChI=1S/C24H30N2O3/c1-13-16(8-9-28-13)24(27)29-23-7-6-18-17-3-2-14-11-22-15(12-25-26-22)10-21(14)19(17)4-5-20(18)23/h4-5,7-9,14-15,17-22,25-26H,2-3,6,10-12H2,1H3. The number of aryl methyl sites for hydroxylation is 1. The highest BCUT2D eigenvalue weighted by atomic mass is 16.5. The first-order valence-electron chi connectivity index (χ1n) is 11.3. The first-order valence-corrected chi connectivity index (χ1v) is 11.3. The number of carbonyl (C=O) groups is 1. The van der Waals surface area contributed by atoms with E-state index in [-0.39, 0.29) is 11.9 Å². The highest BCUT2D eigenvalue weighted by molar-refractivity contribution is 5.91. The van der Waals surface area contributed by atoms with Crippen molar-refractivity contribution in [2.75, 3.05) is 6.54 Å². The van der Waals surface area contributed by atoms with Crippen molar-refractivity contribution in [2.45, 2.75) is 45.1 Å². The van der Waals surface area contributed by atoms with Crippen molar-refractivity contribution in [2.24, 2.45) is 41.4 Å². The number of allylic oxidation sites excluding steroid dienone is 3. The van der Waals surface area contributed by atoms with Gasteiger partial charge in [-0.25, -0.2) is 4.79 Å². The molecule has 2 heterocycles. The maximum absolute atomic E-state index is 12.6. The third kappa shape index (κ3) is 2.85. The lowest BCUT2D eigenvalue weighted by atomic mass is 9.54. The first-order chi connectivity index (χ1) is 14.2. The van der Waals surface area contributed by atoms with Crippen LogP contribution in [-0.4, -0.2) is 18.6 Å². The Morgan fingerprint density at radius 1 is 1.14 bits per heavy atom. The Morgan fingerprint density at radius 3 is 2.93 bits per heavy atom. The quantitative estimate of drug-likeness (QED) is 0.587. The summed E-state index contributed by atoms with van der Waals surface area (Å²) in [7, 11) is 0. The summed E-state index contributed by atoms with van der Waals surface area (Å²) in [6, 6.07) is 2.38. The van der Waals surface area contributed by atoms with E-state index in [0.29, 0.717) is 29.2 Å². The van der Waals surface area contributed by atoms with Crippen molar-refractivity contribution in [3.8, 4) is 0 Å². The molecule has 0 amide bonds. The zero-order valence-electron chi connectivity index (χ0n) is 17.0. The number of carbonyl (C=O) groups excluding carboxylic acids is 1. The predicted octanol–water partition coefficient (Wildman–Crippen LogP) is 3.98. The van der Waals surface area contributed by atoms with E-state index in [2.05, 4.69) is 29.1 Å². The van der Waals surface area contributed by atoms with Crippen molar-refractivity contribution >= 4 is 5.97 Å². The molecule has 6 rings (SSSR count). The molecule has 1 aliphatic heterocycles. The molecule has 154 valence electrons. The second-order valence-corrected chi connectivity index (χ2v) is 9.80. The van der Waals surface area contributed by atoms with E-state index in [1.54, 1.807) is 19.3 Å². The van der Waals surface area contributed by atoms with Crippen LogP contribution in [0.5, 0.6) is 0 Å². The lowest BCUT2D eigenvalue weighted by molar-refractivity contribution is 0.0148. The monoisotopic (exact) mass is 394 g/mol. The first kappa shape index (κ1) is 18.0. The van der Waals surface area contributed by atoms with Gasteiger partial charge in [0.05, 0.1) is 6.26 Å². The van der Waals surface area contributed by atoms with E-state index in [1.807, 2.05) is 0 Å². The molecule has 1 aromatic heterocycles. The van der Waals surface area contributed by atoms with Crippen molar-refractivity contribution in [3.05, 3.63) is 47.6 Å². The summed E-state index contributed by atoms with van der Waals surface area (Å²) < 4.78 is 11.1. The van der Waals surface area contributed by atoms with Gasteiger partial charge in [-0.05, 0) is 86.7 Å². The van der Waals surface area contributed by atoms with Crippen molar-refractivity contribution in [3.63, 3.8) is 0 Å². The summed E-state index contributed by atoms with van der Waals surface area (Å²) in [5, 5.41) is 0. The fraction of sp³-hybridized carbons (Fsp3) is 0.625. The number of hydrogen-bond donors (Lipinski definition) is 2. The summed E-state index contributed by atoms with van der Waals surface area (Å²) in [4.78, 5) is 12.6. The van der Waals surface area contributed by atoms with Crippen LogP contribution in [0.4, 0.5) is 0 Å². The zero-order chi connectivity index (χ0) is 19.5. The highest BCUT2D eigenvalue weighted by Gasteiger charge is 2.51.